The average Bonchev–Trinajstić information content (AvgIpc) is 3.38. The van der Waals surface area contributed by atoms with Crippen LogP contribution in [0.3, 0.4) is 0 Å². The molecule has 3 aromatic rings. The first kappa shape index (κ1) is 27.3. The first-order valence-corrected chi connectivity index (χ1v) is 14.7. The Hall–Kier alpha value is -2.93. The summed E-state index contributed by atoms with van der Waals surface area (Å²) in [6.45, 7) is 4.22. The van der Waals surface area contributed by atoms with Gasteiger partial charge in [0.05, 0.1) is 11.1 Å². The van der Waals surface area contributed by atoms with Crippen LogP contribution in [0.5, 0.6) is 0 Å². The number of amides is 2. The minimum absolute atomic E-state index is 0.0459. The Balaban J connectivity index is 1.54. The van der Waals surface area contributed by atoms with Crippen molar-refractivity contribution in [3.05, 3.63) is 93.2 Å². The number of hydrogen-bond donors (Lipinski definition) is 3. The normalized spacial score (nSPS) is 24.9. The van der Waals surface area contributed by atoms with Crippen molar-refractivity contribution in [3.8, 4) is 0 Å². The molecule has 208 valence electrons. The Kier molecular flexibility index (Phi) is 6.92. The minimum Gasteiger partial charge on any atom is -0.325 e. The average molecular weight is 581 g/mol. The van der Waals surface area contributed by atoms with Crippen LogP contribution >= 0.6 is 23.2 Å². The van der Waals surface area contributed by atoms with Gasteiger partial charge < -0.3 is 10.6 Å². The van der Waals surface area contributed by atoms with Gasteiger partial charge >= 0.3 is 0 Å². The van der Waals surface area contributed by atoms with Crippen LogP contribution in [0.4, 0.5) is 15.8 Å². The van der Waals surface area contributed by atoms with Gasteiger partial charge in [-0.15, -0.1) is 0 Å². The fourth-order valence-electron chi connectivity index (χ4n) is 7.39. The summed E-state index contributed by atoms with van der Waals surface area (Å²) >= 11 is 12.6. The van der Waals surface area contributed by atoms with Crippen LogP contribution in [-0.4, -0.2) is 23.4 Å². The van der Waals surface area contributed by atoms with Gasteiger partial charge in [-0.25, -0.2) is 4.39 Å². The summed E-state index contributed by atoms with van der Waals surface area (Å²) in [5, 5.41) is 10.2. The van der Waals surface area contributed by atoms with Crippen molar-refractivity contribution in [1.29, 1.82) is 0 Å². The molecule has 2 aliphatic heterocycles. The maximum absolute atomic E-state index is 16.0. The van der Waals surface area contributed by atoms with Gasteiger partial charge in [-0.3, -0.25) is 14.9 Å². The summed E-state index contributed by atoms with van der Waals surface area (Å²) in [5.74, 6) is -1.69. The van der Waals surface area contributed by atoms with Crippen LogP contribution in [0.25, 0.3) is 0 Å². The molecule has 2 fully saturated rings. The molecule has 0 radical (unpaired) electrons. The molecule has 8 heteroatoms. The summed E-state index contributed by atoms with van der Waals surface area (Å²) < 4.78 is 16.0. The van der Waals surface area contributed by atoms with Crippen molar-refractivity contribution in [3.63, 3.8) is 0 Å². The summed E-state index contributed by atoms with van der Waals surface area (Å²) in [4.78, 5) is 28.5. The van der Waals surface area contributed by atoms with E-state index in [2.05, 4.69) is 29.8 Å². The smallest absolute Gasteiger partial charge is 0.242 e. The zero-order valence-electron chi connectivity index (χ0n) is 22.5. The van der Waals surface area contributed by atoms with Crippen molar-refractivity contribution < 1.29 is 14.0 Å². The van der Waals surface area contributed by atoms with E-state index in [0.717, 1.165) is 30.4 Å². The maximum Gasteiger partial charge on any atom is 0.242 e. The zero-order chi connectivity index (χ0) is 28.2. The summed E-state index contributed by atoms with van der Waals surface area (Å²) in [6.07, 6.45) is 4.16. The number of carbonyl (C=O) groups is 2. The third kappa shape index (κ3) is 4.07. The van der Waals surface area contributed by atoms with Crippen LogP contribution in [0.15, 0.2) is 60.7 Å². The van der Waals surface area contributed by atoms with Crippen molar-refractivity contribution in [2.45, 2.75) is 74.8 Å². The highest BCUT2D eigenvalue weighted by atomic mass is 35.5. The van der Waals surface area contributed by atoms with Gasteiger partial charge in [-0.2, -0.15) is 0 Å². The van der Waals surface area contributed by atoms with Gasteiger partial charge in [-0.05, 0) is 65.8 Å². The van der Waals surface area contributed by atoms with Crippen molar-refractivity contribution in [2.24, 2.45) is 0 Å². The van der Waals surface area contributed by atoms with Crippen LogP contribution in [0.1, 0.15) is 74.5 Å². The van der Waals surface area contributed by atoms with E-state index in [0.29, 0.717) is 35.2 Å². The van der Waals surface area contributed by atoms with Gasteiger partial charge in [0, 0.05) is 27.9 Å². The molecule has 2 spiro atoms. The molecule has 0 unspecified atom stereocenters. The van der Waals surface area contributed by atoms with Gasteiger partial charge in [0.2, 0.25) is 11.8 Å². The fourth-order valence-corrected chi connectivity index (χ4v) is 7.74. The van der Waals surface area contributed by atoms with Crippen molar-refractivity contribution in [1.82, 2.24) is 5.32 Å². The van der Waals surface area contributed by atoms with E-state index in [4.69, 9.17) is 23.2 Å². The van der Waals surface area contributed by atoms with Crippen molar-refractivity contribution >= 4 is 46.4 Å². The number of hydrogen-bond acceptors (Lipinski definition) is 3. The maximum atomic E-state index is 16.0. The molecule has 2 heterocycles. The number of nitrogens with one attached hydrogen (secondary N) is 3. The lowest BCUT2D eigenvalue weighted by molar-refractivity contribution is -0.124. The predicted octanol–water partition coefficient (Wildman–Crippen LogP) is 7.54. The van der Waals surface area contributed by atoms with E-state index in [1.54, 1.807) is 24.3 Å². The monoisotopic (exact) mass is 579 g/mol. The highest BCUT2D eigenvalue weighted by Crippen LogP contribution is 2.62. The molecule has 3 atom stereocenters. The first-order chi connectivity index (χ1) is 19.2. The summed E-state index contributed by atoms with van der Waals surface area (Å²) in [7, 11) is 0. The van der Waals surface area contributed by atoms with Crippen LogP contribution in [0.2, 0.25) is 10.0 Å². The topological polar surface area (TPSA) is 70.2 Å². The Morgan fingerprint density at radius 3 is 2.45 bits per heavy atom. The molecule has 1 saturated heterocycles. The van der Waals surface area contributed by atoms with E-state index < -0.39 is 28.7 Å². The molecule has 3 N–H and O–H groups in total. The zero-order valence-corrected chi connectivity index (χ0v) is 24.0. The van der Waals surface area contributed by atoms with Gasteiger partial charge in [0.15, 0.2) is 0 Å². The summed E-state index contributed by atoms with van der Waals surface area (Å²) in [6, 6.07) is 17.0. The molecule has 0 aromatic heterocycles. The van der Waals surface area contributed by atoms with E-state index in [9.17, 15) is 9.59 Å². The molecular weight excluding hydrogens is 548 g/mol. The SMILES string of the molecule is CC(C)c1ccc(NC(=O)[C@@H]2NC3(CCCCC3)[C@@]3(C(=O)Nc4cc(Cl)ccc43)[C@H]2c2cccc(Cl)c2F)cc1. The Labute approximate surface area is 243 Å². The van der Waals surface area contributed by atoms with Gasteiger partial charge in [-0.1, -0.05) is 86.6 Å². The highest BCUT2D eigenvalue weighted by molar-refractivity contribution is 6.31. The first-order valence-electron chi connectivity index (χ1n) is 13.9. The molecule has 2 amide bonds. The minimum atomic E-state index is -1.25. The highest BCUT2D eigenvalue weighted by Gasteiger charge is 2.72. The second-order valence-corrected chi connectivity index (χ2v) is 12.4. The van der Waals surface area contributed by atoms with E-state index in [1.807, 2.05) is 30.3 Å². The number of benzene rings is 3. The van der Waals surface area contributed by atoms with Crippen molar-refractivity contribution in [2.75, 3.05) is 10.6 Å². The number of anilines is 2. The number of carbonyl (C=O) groups excluding carboxylic acids is 2. The quantitative estimate of drug-likeness (QED) is 0.299. The van der Waals surface area contributed by atoms with E-state index in [1.165, 1.54) is 6.07 Å². The van der Waals surface area contributed by atoms with E-state index >= 15 is 4.39 Å². The lowest BCUT2D eigenvalue weighted by Crippen LogP contribution is -2.60. The second kappa shape index (κ2) is 10.2. The predicted molar refractivity (Wildman–Crippen MR) is 158 cm³/mol. The van der Waals surface area contributed by atoms with Crippen LogP contribution in [0, 0.1) is 5.82 Å². The molecule has 1 aliphatic carbocycles. The molecule has 0 bridgehead atoms. The van der Waals surface area contributed by atoms with Gasteiger partial charge in [0.25, 0.3) is 0 Å². The molecule has 5 nitrogen and oxygen atoms in total. The largest absolute Gasteiger partial charge is 0.325 e. The fraction of sp³-hybridized carbons (Fsp3) is 0.375. The molecule has 3 aliphatic rings. The molecule has 3 aromatic carbocycles. The number of rotatable bonds is 4. The van der Waals surface area contributed by atoms with Crippen LogP contribution < -0.4 is 16.0 Å². The lowest BCUT2D eigenvalue weighted by Gasteiger charge is -2.47. The third-order valence-corrected chi connectivity index (χ3v) is 9.68. The van der Waals surface area contributed by atoms with Gasteiger partial charge in [0.1, 0.15) is 11.2 Å². The Morgan fingerprint density at radius 2 is 1.75 bits per heavy atom. The second-order valence-electron chi connectivity index (χ2n) is 11.6. The lowest BCUT2D eigenvalue weighted by atomic mass is 9.55. The van der Waals surface area contributed by atoms with Crippen LogP contribution in [-0.2, 0) is 15.0 Å². The molecule has 6 rings (SSSR count). The Bertz CT molecular complexity index is 1490. The molecule has 1 saturated carbocycles. The third-order valence-electron chi connectivity index (χ3n) is 9.15. The summed E-state index contributed by atoms with van der Waals surface area (Å²) in [5.41, 5.74) is 1.37. The number of halogens is 3. The molecule has 40 heavy (non-hydrogen) atoms. The van der Waals surface area contributed by atoms with E-state index in [-0.39, 0.29) is 22.4 Å². The standard InChI is InChI=1S/C32H32Cl2FN3O2/c1-18(2)19-9-12-21(13-10-19)36-29(39)28-26(22-7-6-8-24(34)27(22)35)32(31(38-28)15-4-3-5-16-31)23-14-11-20(33)17-25(23)37-30(32)40/h6-14,17-18,26,28,38H,3-5,15-16H2,1-2H3,(H,36,39)(H,37,40)/t26-,28+,32+/m0/s1. The molecular formula is C32H32Cl2FN3O2. The number of fused-ring (bicyclic) bond motifs is 3. The Morgan fingerprint density at radius 1 is 1.02 bits per heavy atom.